The second-order valence-corrected chi connectivity index (χ2v) is 1.75. The summed E-state index contributed by atoms with van der Waals surface area (Å²) in [6.07, 6.45) is 2.70. The largest absolute Gasteiger partial charge is 0.285 e. The van der Waals surface area contributed by atoms with Crippen molar-refractivity contribution in [1.82, 2.24) is 10.2 Å². The lowest BCUT2D eigenvalue weighted by Gasteiger charge is -1.85. The van der Waals surface area contributed by atoms with Crippen LogP contribution in [-0.4, -0.2) is 10.2 Å². The number of aromatic nitrogens is 2. The molecular weight excluding hydrogens is 100 g/mol. The summed E-state index contributed by atoms with van der Waals surface area (Å²) in [6.45, 7) is 5.70. The highest BCUT2D eigenvalue weighted by molar-refractivity contribution is 5.14. The second-order valence-electron chi connectivity index (χ2n) is 1.75. The molecule has 0 aromatic carbocycles. The van der Waals surface area contributed by atoms with Gasteiger partial charge in [0, 0.05) is 6.20 Å². The summed E-state index contributed by atoms with van der Waals surface area (Å²) in [5, 5.41) is 6.68. The smallest absolute Gasteiger partial charge is 0.0623 e. The van der Waals surface area contributed by atoms with Crippen LogP contribution in [0.5, 0.6) is 0 Å². The zero-order valence-electron chi connectivity index (χ0n) is 4.94. The van der Waals surface area contributed by atoms with Crippen molar-refractivity contribution in [2.24, 2.45) is 0 Å². The first-order chi connectivity index (χ1) is 3.84. The van der Waals surface area contributed by atoms with Crippen molar-refractivity contribution in [3.05, 3.63) is 24.4 Å². The maximum atomic E-state index is 3.92. The third-order valence-corrected chi connectivity index (χ3v) is 1.21. The maximum absolute atomic E-state index is 3.92. The Kier molecular flexibility index (Phi) is 1.33. The molecule has 8 heavy (non-hydrogen) atoms. The molecule has 0 amide bonds. The lowest BCUT2D eigenvalue weighted by molar-refractivity contribution is 1.04. The van der Waals surface area contributed by atoms with Crippen LogP contribution in [-0.2, 0) is 6.42 Å². The molecule has 0 bridgehead atoms. The molecule has 0 unspecified atom stereocenters. The third kappa shape index (κ3) is 0.735. The molecule has 0 fully saturated rings. The van der Waals surface area contributed by atoms with Gasteiger partial charge in [0.25, 0.3) is 0 Å². The van der Waals surface area contributed by atoms with Crippen LogP contribution in [0.25, 0.3) is 0 Å². The number of nitrogens with one attached hydrogen (secondary N) is 1. The van der Waals surface area contributed by atoms with E-state index in [1.54, 1.807) is 0 Å². The van der Waals surface area contributed by atoms with Gasteiger partial charge in [-0.25, -0.2) is 0 Å². The van der Waals surface area contributed by atoms with E-state index in [0.717, 1.165) is 12.1 Å². The van der Waals surface area contributed by atoms with Crippen LogP contribution in [0, 0.1) is 13.8 Å². The minimum absolute atomic E-state index is 0.822. The highest BCUT2D eigenvalue weighted by Gasteiger charge is 1.93. The lowest BCUT2D eigenvalue weighted by atomic mass is 10.2. The summed E-state index contributed by atoms with van der Waals surface area (Å²) < 4.78 is 0. The van der Waals surface area contributed by atoms with Crippen LogP contribution in [0.3, 0.4) is 0 Å². The van der Waals surface area contributed by atoms with Gasteiger partial charge in [0.2, 0.25) is 0 Å². The SMILES string of the molecule is [CH2]Cc1c[nH]nc1C. The van der Waals surface area contributed by atoms with Gasteiger partial charge >= 0.3 is 0 Å². The summed E-state index contributed by atoms with van der Waals surface area (Å²) in [7, 11) is 0. The fourth-order valence-electron chi connectivity index (χ4n) is 0.636. The molecule has 43 valence electrons. The Morgan fingerprint density at radius 2 is 2.62 bits per heavy atom. The van der Waals surface area contributed by atoms with Crippen molar-refractivity contribution in [1.29, 1.82) is 0 Å². The average Bonchev–Trinajstić information content (AvgIpc) is 2.14. The van der Waals surface area contributed by atoms with Crippen LogP contribution < -0.4 is 0 Å². The molecule has 2 nitrogen and oxygen atoms in total. The van der Waals surface area contributed by atoms with Gasteiger partial charge in [-0.15, -0.1) is 0 Å². The molecule has 1 aromatic rings. The highest BCUT2D eigenvalue weighted by atomic mass is 15.1. The highest BCUT2D eigenvalue weighted by Crippen LogP contribution is 2.00. The minimum atomic E-state index is 0.822. The predicted molar refractivity (Wildman–Crippen MR) is 32.4 cm³/mol. The molecule has 0 aliphatic carbocycles. The molecular formula is C6H9N2. The van der Waals surface area contributed by atoms with E-state index in [2.05, 4.69) is 17.1 Å². The Bertz CT molecular complexity index is 167. The molecule has 0 saturated heterocycles. The zero-order chi connectivity index (χ0) is 5.98. The zero-order valence-corrected chi connectivity index (χ0v) is 4.94. The number of hydrogen-bond donors (Lipinski definition) is 1. The van der Waals surface area contributed by atoms with Crippen molar-refractivity contribution in [3.63, 3.8) is 0 Å². The van der Waals surface area contributed by atoms with Crippen LogP contribution in [0.4, 0.5) is 0 Å². The topological polar surface area (TPSA) is 28.7 Å². The predicted octanol–water partition coefficient (Wildman–Crippen LogP) is 1.09. The number of nitrogens with zero attached hydrogens (tertiary/aromatic N) is 1. The van der Waals surface area contributed by atoms with Gasteiger partial charge in [0.15, 0.2) is 0 Å². The van der Waals surface area contributed by atoms with Gasteiger partial charge in [0.1, 0.15) is 0 Å². The summed E-state index contributed by atoms with van der Waals surface area (Å²) in [6, 6.07) is 0. The second kappa shape index (κ2) is 1.99. The van der Waals surface area contributed by atoms with E-state index in [0.29, 0.717) is 0 Å². The fourth-order valence-corrected chi connectivity index (χ4v) is 0.636. The molecule has 1 heterocycles. The van der Waals surface area contributed by atoms with Crippen molar-refractivity contribution in [2.75, 3.05) is 0 Å². The maximum Gasteiger partial charge on any atom is 0.0623 e. The first-order valence-electron chi connectivity index (χ1n) is 2.63. The van der Waals surface area contributed by atoms with Crippen molar-refractivity contribution >= 4 is 0 Å². The van der Waals surface area contributed by atoms with Gasteiger partial charge in [0.05, 0.1) is 5.69 Å². The van der Waals surface area contributed by atoms with Crippen molar-refractivity contribution in [2.45, 2.75) is 13.3 Å². The monoisotopic (exact) mass is 109 g/mol. The number of H-pyrrole nitrogens is 1. The van der Waals surface area contributed by atoms with Gasteiger partial charge in [-0.2, -0.15) is 5.10 Å². The molecule has 1 aromatic heterocycles. The van der Waals surface area contributed by atoms with E-state index in [1.807, 2.05) is 13.1 Å². The fraction of sp³-hybridized carbons (Fsp3) is 0.333. The number of hydrogen-bond acceptors (Lipinski definition) is 1. The van der Waals surface area contributed by atoms with Crippen molar-refractivity contribution in [3.8, 4) is 0 Å². The normalized spacial score (nSPS) is 9.75. The first-order valence-corrected chi connectivity index (χ1v) is 2.63. The van der Waals surface area contributed by atoms with E-state index < -0.39 is 0 Å². The molecule has 0 aliphatic heterocycles. The Labute approximate surface area is 48.9 Å². The van der Waals surface area contributed by atoms with Gasteiger partial charge < -0.3 is 0 Å². The van der Waals surface area contributed by atoms with E-state index in [4.69, 9.17) is 0 Å². The summed E-state index contributed by atoms with van der Waals surface area (Å²) in [5.74, 6) is 0. The van der Waals surface area contributed by atoms with Crippen molar-refractivity contribution < 1.29 is 0 Å². The average molecular weight is 109 g/mol. The number of rotatable bonds is 1. The number of aryl methyl sites for hydroxylation is 1. The van der Waals surface area contributed by atoms with E-state index in [9.17, 15) is 0 Å². The minimum Gasteiger partial charge on any atom is -0.285 e. The van der Waals surface area contributed by atoms with Crippen LogP contribution in [0.2, 0.25) is 0 Å². The van der Waals surface area contributed by atoms with Crippen LogP contribution >= 0.6 is 0 Å². The number of aromatic amines is 1. The molecule has 1 N–H and O–H groups in total. The summed E-state index contributed by atoms with van der Waals surface area (Å²) in [5.41, 5.74) is 2.25. The molecule has 0 spiro atoms. The van der Waals surface area contributed by atoms with Crippen LogP contribution in [0.1, 0.15) is 11.3 Å². The summed E-state index contributed by atoms with van der Waals surface area (Å²) >= 11 is 0. The molecule has 1 rings (SSSR count). The standard InChI is InChI=1S/C6H9N2/c1-3-6-4-7-8-5(6)2/h4H,1,3H2,2H3,(H,7,8). The van der Waals surface area contributed by atoms with Gasteiger partial charge in [-0.1, -0.05) is 0 Å². The first kappa shape index (κ1) is 5.35. The molecule has 1 radical (unpaired) electrons. The van der Waals surface area contributed by atoms with Crippen LogP contribution in [0.15, 0.2) is 6.20 Å². The Hall–Kier alpha value is -0.790. The molecule has 0 saturated carbocycles. The third-order valence-electron chi connectivity index (χ3n) is 1.21. The van der Waals surface area contributed by atoms with E-state index >= 15 is 0 Å². The Morgan fingerprint density at radius 1 is 1.88 bits per heavy atom. The van der Waals surface area contributed by atoms with E-state index in [-0.39, 0.29) is 0 Å². The Balaban J connectivity index is 2.92. The summed E-state index contributed by atoms with van der Waals surface area (Å²) in [4.78, 5) is 0. The molecule has 0 atom stereocenters. The lowest BCUT2D eigenvalue weighted by Crippen LogP contribution is -1.78. The van der Waals surface area contributed by atoms with E-state index in [1.165, 1.54) is 5.56 Å². The van der Waals surface area contributed by atoms with Gasteiger partial charge in [-0.3, -0.25) is 5.10 Å². The quantitative estimate of drug-likeness (QED) is 0.574. The Morgan fingerprint density at radius 3 is 2.88 bits per heavy atom. The molecule has 2 heteroatoms. The van der Waals surface area contributed by atoms with Gasteiger partial charge in [-0.05, 0) is 25.8 Å². The molecule has 0 aliphatic rings.